The van der Waals surface area contributed by atoms with Crippen LogP contribution in [0.25, 0.3) is 0 Å². The number of piperidine rings is 1. The second-order valence-electron chi connectivity index (χ2n) is 5.95. The van der Waals surface area contributed by atoms with Gasteiger partial charge >= 0.3 is 0 Å². The zero-order valence-electron chi connectivity index (χ0n) is 14.2. The summed E-state index contributed by atoms with van der Waals surface area (Å²) in [5, 5.41) is 0. The largest absolute Gasteiger partial charge is 0.497 e. The molecule has 0 aromatic heterocycles. The molecule has 7 nitrogen and oxygen atoms in total. The third kappa shape index (κ3) is 4.85. The van der Waals surface area contributed by atoms with Crippen LogP contribution in [0.4, 0.5) is 0 Å². The van der Waals surface area contributed by atoms with Crippen molar-refractivity contribution in [3.63, 3.8) is 0 Å². The summed E-state index contributed by atoms with van der Waals surface area (Å²) in [4.78, 5) is 14.5. The van der Waals surface area contributed by atoms with E-state index in [-0.39, 0.29) is 11.8 Å². The number of rotatable bonds is 6. The Morgan fingerprint density at radius 3 is 2.71 bits per heavy atom. The summed E-state index contributed by atoms with van der Waals surface area (Å²) in [6.45, 7) is 1.53. The Morgan fingerprint density at radius 2 is 2.08 bits per heavy atom. The van der Waals surface area contributed by atoms with Crippen molar-refractivity contribution in [3.05, 3.63) is 23.8 Å². The zero-order chi connectivity index (χ0) is 17.7. The fourth-order valence-electron chi connectivity index (χ4n) is 2.83. The molecule has 1 aliphatic rings. The lowest BCUT2D eigenvalue weighted by Gasteiger charge is -2.33. The summed E-state index contributed by atoms with van der Waals surface area (Å²) in [6.07, 6.45) is 2.88. The number of nitrogens with one attached hydrogen (secondary N) is 1. The number of hydrogen-bond donors (Lipinski definition) is 1. The standard InChI is InChI=1S/C16H24N2O5S/c1-22-13-6-7-14(15(9-13)23-2)16(19)18-8-4-5-12(11-18)10-17-24(3,20)21/h6-7,9,12,17H,4-5,8,10-11H2,1-3H3/t12-/m0/s1. The van der Waals surface area contributed by atoms with Crippen molar-refractivity contribution >= 4 is 15.9 Å². The molecule has 1 fully saturated rings. The van der Waals surface area contributed by atoms with E-state index >= 15 is 0 Å². The van der Waals surface area contributed by atoms with E-state index in [1.807, 2.05) is 0 Å². The van der Waals surface area contributed by atoms with Crippen LogP contribution in [0.2, 0.25) is 0 Å². The first-order chi connectivity index (χ1) is 11.3. The summed E-state index contributed by atoms with van der Waals surface area (Å²) in [5.41, 5.74) is 0.482. The van der Waals surface area contributed by atoms with Crippen LogP contribution in [0.1, 0.15) is 23.2 Å². The average Bonchev–Trinajstić information content (AvgIpc) is 2.58. The Hall–Kier alpha value is -1.80. The predicted octanol–water partition coefficient (Wildman–Crippen LogP) is 1.11. The molecule has 1 aromatic carbocycles. The first-order valence-corrected chi connectivity index (χ1v) is 9.69. The van der Waals surface area contributed by atoms with Gasteiger partial charge in [-0.2, -0.15) is 0 Å². The summed E-state index contributed by atoms with van der Waals surface area (Å²) < 4.78 is 35.4. The summed E-state index contributed by atoms with van der Waals surface area (Å²) in [7, 11) is -0.149. The number of benzene rings is 1. The average molecular weight is 356 g/mol. The van der Waals surface area contributed by atoms with Crippen molar-refractivity contribution in [2.75, 3.05) is 40.1 Å². The molecule has 8 heteroatoms. The third-order valence-corrected chi connectivity index (χ3v) is 4.77. The zero-order valence-corrected chi connectivity index (χ0v) is 15.1. The van der Waals surface area contributed by atoms with Crippen molar-refractivity contribution in [1.82, 2.24) is 9.62 Å². The van der Waals surface area contributed by atoms with Gasteiger partial charge in [0.15, 0.2) is 0 Å². The van der Waals surface area contributed by atoms with Crippen LogP contribution in [0.3, 0.4) is 0 Å². The van der Waals surface area contributed by atoms with Gasteiger partial charge in [-0.1, -0.05) is 0 Å². The van der Waals surface area contributed by atoms with Crippen molar-refractivity contribution in [2.24, 2.45) is 5.92 Å². The fraction of sp³-hybridized carbons (Fsp3) is 0.562. The molecular formula is C16H24N2O5S. The lowest BCUT2D eigenvalue weighted by molar-refractivity contribution is 0.0673. The van der Waals surface area contributed by atoms with Gasteiger partial charge < -0.3 is 14.4 Å². The van der Waals surface area contributed by atoms with Crippen LogP contribution in [-0.2, 0) is 10.0 Å². The SMILES string of the molecule is COc1ccc(C(=O)N2CCC[C@@H](CNS(C)(=O)=O)C2)c(OC)c1. The van der Waals surface area contributed by atoms with Crippen LogP contribution in [0.5, 0.6) is 11.5 Å². The Labute approximate surface area is 143 Å². The van der Waals surface area contributed by atoms with Gasteiger partial charge in [0.2, 0.25) is 10.0 Å². The normalized spacial score (nSPS) is 18.3. The number of amides is 1. The molecule has 1 N–H and O–H groups in total. The minimum Gasteiger partial charge on any atom is -0.497 e. The highest BCUT2D eigenvalue weighted by molar-refractivity contribution is 7.88. The van der Waals surface area contributed by atoms with Gasteiger partial charge in [0.1, 0.15) is 11.5 Å². The van der Waals surface area contributed by atoms with Crippen LogP contribution in [0, 0.1) is 5.92 Å². The molecular weight excluding hydrogens is 332 g/mol. The van der Waals surface area contributed by atoms with Crippen molar-refractivity contribution in [3.8, 4) is 11.5 Å². The molecule has 1 atom stereocenters. The molecule has 1 aromatic rings. The maximum atomic E-state index is 12.8. The molecule has 1 amide bonds. The number of hydrogen-bond acceptors (Lipinski definition) is 5. The van der Waals surface area contributed by atoms with Crippen LogP contribution >= 0.6 is 0 Å². The highest BCUT2D eigenvalue weighted by Crippen LogP contribution is 2.27. The Bertz CT molecular complexity index is 690. The molecule has 0 bridgehead atoms. The molecule has 1 saturated heterocycles. The van der Waals surface area contributed by atoms with Crippen molar-refractivity contribution < 1.29 is 22.7 Å². The minimum absolute atomic E-state index is 0.112. The van der Waals surface area contributed by atoms with Crippen molar-refractivity contribution in [2.45, 2.75) is 12.8 Å². The first kappa shape index (κ1) is 18.5. The molecule has 0 unspecified atom stereocenters. The predicted molar refractivity (Wildman–Crippen MR) is 91.0 cm³/mol. The molecule has 0 aliphatic carbocycles. The van der Waals surface area contributed by atoms with Crippen LogP contribution in [0.15, 0.2) is 18.2 Å². The van der Waals surface area contributed by atoms with E-state index < -0.39 is 10.0 Å². The molecule has 1 aliphatic heterocycles. The third-order valence-electron chi connectivity index (χ3n) is 4.08. The van der Waals surface area contributed by atoms with E-state index in [1.165, 1.54) is 7.11 Å². The maximum absolute atomic E-state index is 12.8. The summed E-state index contributed by atoms with van der Waals surface area (Å²) in [6, 6.07) is 5.10. The number of likely N-dealkylation sites (tertiary alicyclic amines) is 1. The number of sulfonamides is 1. The molecule has 0 radical (unpaired) electrons. The number of methoxy groups -OCH3 is 2. The molecule has 1 heterocycles. The van der Waals surface area contributed by atoms with E-state index in [9.17, 15) is 13.2 Å². The van der Waals surface area contributed by atoms with E-state index in [4.69, 9.17) is 9.47 Å². The van der Waals surface area contributed by atoms with Gasteiger partial charge in [-0.25, -0.2) is 13.1 Å². The number of carbonyl (C=O) groups excluding carboxylic acids is 1. The molecule has 0 spiro atoms. The fourth-order valence-corrected chi connectivity index (χ4v) is 3.37. The lowest BCUT2D eigenvalue weighted by Crippen LogP contribution is -2.43. The molecule has 24 heavy (non-hydrogen) atoms. The first-order valence-electron chi connectivity index (χ1n) is 7.80. The Balaban J connectivity index is 2.09. The highest BCUT2D eigenvalue weighted by atomic mass is 32.2. The Morgan fingerprint density at radius 1 is 1.33 bits per heavy atom. The maximum Gasteiger partial charge on any atom is 0.257 e. The number of nitrogens with zero attached hydrogens (tertiary/aromatic N) is 1. The Kier molecular flexibility index (Phi) is 6.06. The highest BCUT2D eigenvalue weighted by Gasteiger charge is 2.26. The van der Waals surface area contributed by atoms with Crippen LogP contribution in [-0.4, -0.2) is 59.3 Å². The summed E-state index contributed by atoms with van der Waals surface area (Å²) >= 11 is 0. The topological polar surface area (TPSA) is 84.9 Å². The smallest absolute Gasteiger partial charge is 0.257 e. The van der Waals surface area contributed by atoms with Crippen molar-refractivity contribution in [1.29, 1.82) is 0 Å². The number of ether oxygens (including phenoxy) is 2. The molecule has 2 rings (SSSR count). The van der Waals surface area contributed by atoms with E-state index in [0.29, 0.717) is 36.7 Å². The summed E-state index contributed by atoms with van der Waals surface area (Å²) in [5.74, 6) is 1.09. The molecule has 0 saturated carbocycles. The van der Waals surface area contributed by atoms with Crippen LogP contribution < -0.4 is 14.2 Å². The monoisotopic (exact) mass is 356 g/mol. The van der Waals surface area contributed by atoms with E-state index in [1.54, 1.807) is 30.2 Å². The van der Waals surface area contributed by atoms with E-state index in [0.717, 1.165) is 19.1 Å². The second kappa shape index (κ2) is 7.85. The quantitative estimate of drug-likeness (QED) is 0.825. The van der Waals surface area contributed by atoms with Gasteiger partial charge in [-0.05, 0) is 30.9 Å². The van der Waals surface area contributed by atoms with Gasteiger partial charge in [-0.15, -0.1) is 0 Å². The van der Waals surface area contributed by atoms with E-state index in [2.05, 4.69) is 4.72 Å². The lowest BCUT2D eigenvalue weighted by atomic mass is 9.97. The van der Waals surface area contributed by atoms with Gasteiger partial charge in [0, 0.05) is 25.7 Å². The van der Waals surface area contributed by atoms with Gasteiger partial charge in [-0.3, -0.25) is 4.79 Å². The van der Waals surface area contributed by atoms with Gasteiger partial charge in [0.05, 0.1) is 26.0 Å². The molecule has 134 valence electrons. The second-order valence-corrected chi connectivity index (χ2v) is 7.78. The number of carbonyl (C=O) groups is 1. The minimum atomic E-state index is -3.22. The van der Waals surface area contributed by atoms with Gasteiger partial charge in [0.25, 0.3) is 5.91 Å².